The molecule has 2 aromatic rings. The normalized spacial score (nSPS) is 9.85. The predicted octanol–water partition coefficient (Wildman–Crippen LogP) is 2.26. The van der Waals surface area contributed by atoms with Crippen LogP contribution >= 0.6 is 15.9 Å². The maximum absolute atomic E-state index is 8.78. The van der Waals surface area contributed by atoms with Crippen LogP contribution in [0.5, 0.6) is 0 Å². The summed E-state index contributed by atoms with van der Waals surface area (Å²) in [5.74, 6) is 0. The Bertz CT molecular complexity index is 502. The molecule has 0 bridgehead atoms. The van der Waals surface area contributed by atoms with Crippen molar-refractivity contribution < 1.29 is 0 Å². The monoisotopic (exact) mass is 233 g/mol. The van der Waals surface area contributed by atoms with Gasteiger partial charge in [0.25, 0.3) is 0 Å². The predicted molar refractivity (Wildman–Crippen MR) is 52.0 cm³/mol. The van der Waals surface area contributed by atoms with E-state index in [0.29, 0.717) is 15.7 Å². The molecule has 3 nitrogen and oxygen atoms in total. The van der Waals surface area contributed by atoms with Gasteiger partial charge in [-0.3, -0.25) is 4.98 Å². The van der Waals surface area contributed by atoms with Crippen molar-refractivity contribution >= 4 is 27.0 Å². The fraction of sp³-hybridized carbons (Fsp3) is 0. The minimum Gasteiger partial charge on any atom is -0.250 e. The average molecular weight is 234 g/mol. The second-order valence-electron chi connectivity index (χ2n) is 2.48. The van der Waals surface area contributed by atoms with E-state index in [1.54, 1.807) is 18.3 Å². The van der Waals surface area contributed by atoms with Crippen molar-refractivity contribution in [2.45, 2.75) is 0 Å². The Labute approximate surface area is 83.2 Å². The number of hydrogen-bond acceptors (Lipinski definition) is 3. The van der Waals surface area contributed by atoms with Gasteiger partial charge in [0.15, 0.2) is 0 Å². The van der Waals surface area contributed by atoms with Crippen LogP contribution in [0.3, 0.4) is 0 Å². The van der Waals surface area contributed by atoms with Crippen LogP contribution in [0.1, 0.15) is 5.56 Å². The lowest BCUT2D eigenvalue weighted by atomic mass is 10.2. The molecule has 0 unspecified atom stereocenters. The van der Waals surface area contributed by atoms with Crippen molar-refractivity contribution in [2.75, 3.05) is 0 Å². The van der Waals surface area contributed by atoms with Crippen LogP contribution in [0.25, 0.3) is 11.0 Å². The summed E-state index contributed by atoms with van der Waals surface area (Å²) in [4.78, 5) is 8.31. The first-order valence-electron chi connectivity index (χ1n) is 3.62. The van der Waals surface area contributed by atoms with E-state index in [4.69, 9.17) is 5.26 Å². The summed E-state index contributed by atoms with van der Waals surface area (Å²) in [6.45, 7) is 0. The van der Waals surface area contributed by atoms with Crippen molar-refractivity contribution in [1.29, 1.82) is 5.26 Å². The molecule has 0 spiro atoms. The minimum absolute atomic E-state index is 0.553. The van der Waals surface area contributed by atoms with Crippen molar-refractivity contribution in [1.82, 2.24) is 9.97 Å². The molecule has 0 radical (unpaired) electrons. The van der Waals surface area contributed by atoms with E-state index in [0.717, 1.165) is 5.52 Å². The largest absolute Gasteiger partial charge is 0.250 e. The highest BCUT2D eigenvalue weighted by Gasteiger charge is 2.01. The number of hydrogen-bond donors (Lipinski definition) is 0. The molecular weight excluding hydrogens is 230 g/mol. The van der Waals surface area contributed by atoms with Gasteiger partial charge >= 0.3 is 0 Å². The quantitative estimate of drug-likeness (QED) is 0.702. The van der Waals surface area contributed by atoms with Crippen LogP contribution in [0.15, 0.2) is 29.0 Å². The van der Waals surface area contributed by atoms with Crippen LogP contribution in [-0.2, 0) is 0 Å². The Balaban J connectivity index is 2.87. The van der Waals surface area contributed by atoms with E-state index in [2.05, 4.69) is 32.0 Å². The zero-order chi connectivity index (χ0) is 9.26. The van der Waals surface area contributed by atoms with E-state index in [1.165, 1.54) is 0 Å². The molecule has 0 N–H and O–H groups in total. The maximum Gasteiger partial charge on any atom is 0.125 e. The summed E-state index contributed by atoms with van der Waals surface area (Å²) >= 11 is 3.22. The molecule has 0 amide bonds. The van der Waals surface area contributed by atoms with Crippen LogP contribution in [0.2, 0.25) is 0 Å². The summed E-state index contributed by atoms with van der Waals surface area (Å²) in [6, 6.07) is 7.42. The summed E-state index contributed by atoms with van der Waals surface area (Å²) in [7, 11) is 0. The first-order chi connectivity index (χ1) is 6.31. The molecule has 1 aromatic heterocycles. The summed E-state index contributed by atoms with van der Waals surface area (Å²) in [5.41, 5.74) is 1.93. The standard InChI is InChI=1S/C9H4BrN3/c10-8-5-12-9-6(4-11)2-1-3-7(9)13-8/h1-3,5H. The first kappa shape index (κ1) is 8.14. The molecule has 2 rings (SSSR count). The molecule has 0 saturated carbocycles. The summed E-state index contributed by atoms with van der Waals surface area (Å²) in [6.07, 6.45) is 1.59. The van der Waals surface area contributed by atoms with Gasteiger partial charge in [-0.2, -0.15) is 5.26 Å². The van der Waals surface area contributed by atoms with Crippen LogP contribution in [0.4, 0.5) is 0 Å². The fourth-order valence-electron chi connectivity index (χ4n) is 1.11. The molecule has 0 fully saturated rings. The molecule has 1 aromatic carbocycles. The number of nitrogens with zero attached hydrogens (tertiary/aromatic N) is 3. The number of halogens is 1. The first-order valence-corrected chi connectivity index (χ1v) is 4.42. The van der Waals surface area contributed by atoms with E-state index in [9.17, 15) is 0 Å². The zero-order valence-corrected chi connectivity index (χ0v) is 8.12. The van der Waals surface area contributed by atoms with Gasteiger partial charge in [0, 0.05) is 0 Å². The highest BCUT2D eigenvalue weighted by atomic mass is 79.9. The number of para-hydroxylation sites is 1. The van der Waals surface area contributed by atoms with Gasteiger partial charge in [0.05, 0.1) is 17.3 Å². The van der Waals surface area contributed by atoms with E-state index in [-0.39, 0.29) is 0 Å². The van der Waals surface area contributed by atoms with Crippen LogP contribution in [0, 0.1) is 11.3 Å². The Morgan fingerprint density at radius 3 is 3.00 bits per heavy atom. The Morgan fingerprint density at radius 1 is 1.38 bits per heavy atom. The molecule has 4 heteroatoms. The van der Waals surface area contributed by atoms with Gasteiger partial charge in [-0.05, 0) is 28.1 Å². The third-order valence-corrected chi connectivity index (χ3v) is 2.04. The SMILES string of the molecule is N#Cc1cccc2nc(Br)cnc12. The van der Waals surface area contributed by atoms with Gasteiger partial charge in [-0.15, -0.1) is 0 Å². The summed E-state index contributed by atoms with van der Waals surface area (Å²) in [5, 5.41) is 8.78. The minimum atomic E-state index is 0.553. The average Bonchev–Trinajstić information content (AvgIpc) is 2.16. The van der Waals surface area contributed by atoms with Crippen molar-refractivity contribution in [3.05, 3.63) is 34.6 Å². The van der Waals surface area contributed by atoms with Gasteiger partial charge in [-0.25, -0.2) is 4.98 Å². The lowest BCUT2D eigenvalue weighted by Crippen LogP contribution is -1.87. The molecule has 0 saturated heterocycles. The van der Waals surface area contributed by atoms with Crippen molar-refractivity contribution in [2.24, 2.45) is 0 Å². The molecule has 0 atom stereocenters. The summed E-state index contributed by atoms with van der Waals surface area (Å²) < 4.78 is 0.676. The smallest absolute Gasteiger partial charge is 0.125 e. The lowest BCUT2D eigenvalue weighted by Gasteiger charge is -1.97. The number of benzene rings is 1. The topological polar surface area (TPSA) is 49.6 Å². The molecule has 0 aliphatic rings. The highest BCUT2D eigenvalue weighted by Crippen LogP contribution is 2.15. The maximum atomic E-state index is 8.78. The molecule has 0 aliphatic carbocycles. The van der Waals surface area contributed by atoms with Crippen LogP contribution < -0.4 is 0 Å². The number of rotatable bonds is 0. The molecule has 13 heavy (non-hydrogen) atoms. The van der Waals surface area contributed by atoms with E-state index in [1.807, 2.05) is 6.07 Å². The van der Waals surface area contributed by atoms with Crippen molar-refractivity contribution in [3.63, 3.8) is 0 Å². The number of nitriles is 1. The van der Waals surface area contributed by atoms with Gasteiger partial charge in [0.1, 0.15) is 16.2 Å². The van der Waals surface area contributed by atoms with Crippen LogP contribution in [-0.4, -0.2) is 9.97 Å². The van der Waals surface area contributed by atoms with Crippen molar-refractivity contribution in [3.8, 4) is 6.07 Å². The fourth-order valence-corrected chi connectivity index (χ4v) is 1.40. The third kappa shape index (κ3) is 1.38. The van der Waals surface area contributed by atoms with E-state index < -0.39 is 0 Å². The second-order valence-corrected chi connectivity index (χ2v) is 3.29. The third-order valence-electron chi connectivity index (χ3n) is 1.66. The number of fused-ring (bicyclic) bond motifs is 1. The molecule has 0 aliphatic heterocycles. The molecular formula is C9H4BrN3. The van der Waals surface area contributed by atoms with Gasteiger partial charge in [-0.1, -0.05) is 6.07 Å². The lowest BCUT2D eigenvalue weighted by molar-refractivity contribution is 1.24. The molecule has 1 heterocycles. The Morgan fingerprint density at radius 2 is 2.23 bits per heavy atom. The van der Waals surface area contributed by atoms with Gasteiger partial charge < -0.3 is 0 Å². The Hall–Kier alpha value is -1.47. The zero-order valence-electron chi connectivity index (χ0n) is 6.53. The van der Waals surface area contributed by atoms with Gasteiger partial charge in [0.2, 0.25) is 0 Å². The molecule has 62 valence electrons. The second kappa shape index (κ2) is 3.11. The highest BCUT2D eigenvalue weighted by molar-refractivity contribution is 9.10. The van der Waals surface area contributed by atoms with E-state index >= 15 is 0 Å². The Kier molecular flexibility index (Phi) is 1.95. The number of aromatic nitrogens is 2.